The van der Waals surface area contributed by atoms with Gasteiger partial charge in [0.05, 0.1) is 6.54 Å². The average Bonchev–Trinajstić information content (AvgIpc) is 2.98. The van der Waals surface area contributed by atoms with E-state index in [-0.39, 0.29) is 0 Å². The van der Waals surface area contributed by atoms with Gasteiger partial charge in [-0.05, 0) is 36.8 Å². The van der Waals surface area contributed by atoms with Crippen molar-refractivity contribution in [3.05, 3.63) is 21.9 Å². The summed E-state index contributed by atoms with van der Waals surface area (Å²) in [6.07, 6.45) is 2.14. The highest BCUT2D eigenvalue weighted by Gasteiger charge is 2.22. The lowest BCUT2D eigenvalue weighted by atomic mass is 10.1. The zero-order chi connectivity index (χ0) is 12.8. The molecule has 2 rings (SSSR count). The zero-order valence-electron chi connectivity index (χ0n) is 10.6. The van der Waals surface area contributed by atoms with Crippen molar-refractivity contribution in [3.63, 3.8) is 0 Å². The highest BCUT2D eigenvalue weighted by atomic mass is 32.1. The number of likely N-dealkylation sites (tertiary alicyclic amines) is 1. The summed E-state index contributed by atoms with van der Waals surface area (Å²) in [5.74, 6) is 6.71. The van der Waals surface area contributed by atoms with Gasteiger partial charge in [0.15, 0.2) is 0 Å². The van der Waals surface area contributed by atoms with Crippen LogP contribution in [0.2, 0.25) is 0 Å². The molecule has 0 saturated carbocycles. The third-order valence-electron chi connectivity index (χ3n) is 3.35. The molecule has 1 fully saturated rings. The van der Waals surface area contributed by atoms with Gasteiger partial charge in [-0.1, -0.05) is 11.8 Å². The Kier molecular flexibility index (Phi) is 5.21. The van der Waals surface area contributed by atoms with Gasteiger partial charge < -0.3 is 10.8 Å². The van der Waals surface area contributed by atoms with Crippen molar-refractivity contribution in [2.75, 3.05) is 26.2 Å². The van der Waals surface area contributed by atoms with Gasteiger partial charge in [-0.25, -0.2) is 0 Å². The normalized spacial score (nSPS) is 19.8. The summed E-state index contributed by atoms with van der Waals surface area (Å²) >= 11 is 1.77. The van der Waals surface area contributed by atoms with Crippen LogP contribution in [-0.2, 0) is 6.54 Å². The minimum Gasteiger partial charge on any atom is -0.396 e. The Bertz CT molecular complexity index is 432. The molecule has 1 aliphatic heterocycles. The molecule has 1 aromatic heterocycles. The maximum atomic E-state index is 8.96. The number of nitrogens with two attached hydrogens (primary N) is 1. The monoisotopic (exact) mass is 264 g/mol. The van der Waals surface area contributed by atoms with E-state index >= 15 is 0 Å². The van der Waals surface area contributed by atoms with E-state index in [9.17, 15) is 0 Å². The average molecular weight is 264 g/mol. The lowest BCUT2D eigenvalue weighted by Gasteiger charge is -2.15. The summed E-state index contributed by atoms with van der Waals surface area (Å²) in [7, 11) is 0. The van der Waals surface area contributed by atoms with E-state index in [1.807, 2.05) is 0 Å². The molecule has 4 heteroatoms. The van der Waals surface area contributed by atoms with Crippen molar-refractivity contribution in [2.45, 2.75) is 19.4 Å². The lowest BCUT2D eigenvalue weighted by molar-refractivity contribution is 0.250. The standard InChI is InChI=1S/C14H20N2OS/c15-6-1-2-13-5-9-18-14(13)11-16-7-3-12(10-16)4-8-17/h5,9,12,17H,3-4,6-8,10-11,15H2. The van der Waals surface area contributed by atoms with Crippen molar-refractivity contribution >= 4 is 11.3 Å². The predicted octanol–water partition coefficient (Wildman–Crippen LogP) is 1.26. The second-order valence-electron chi connectivity index (χ2n) is 4.67. The molecular weight excluding hydrogens is 244 g/mol. The first-order chi connectivity index (χ1) is 8.83. The van der Waals surface area contributed by atoms with Crippen LogP contribution in [0.15, 0.2) is 11.4 Å². The molecule has 3 N–H and O–H groups in total. The first-order valence-corrected chi connectivity index (χ1v) is 7.30. The highest BCUT2D eigenvalue weighted by molar-refractivity contribution is 7.10. The van der Waals surface area contributed by atoms with Crippen LogP contribution in [0.5, 0.6) is 0 Å². The fraction of sp³-hybridized carbons (Fsp3) is 0.571. The minimum absolute atomic E-state index is 0.310. The molecule has 18 heavy (non-hydrogen) atoms. The fourth-order valence-corrected chi connectivity index (χ4v) is 3.27. The van der Waals surface area contributed by atoms with Crippen molar-refractivity contribution < 1.29 is 5.11 Å². The van der Waals surface area contributed by atoms with Crippen LogP contribution in [-0.4, -0.2) is 36.2 Å². The molecular formula is C14H20N2OS. The van der Waals surface area contributed by atoms with E-state index in [1.165, 1.54) is 11.3 Å². The van der Waals surface area contributed by atoms with Crippen molar-refractivity contribution in [1.82, 2.24) is 4.90 Å². The molecule has 0 spiro atoms. The van der Waals surface area contributed by atoms with Crippen molar-refractivity contribution in [1.29, 1.82) is 0 Å². The Labute approximate surface area is 113 Å². The van der Waals surface area contributed by atoms with Crippen LogP contribution < -0.4 is 5.73 Å². The quantitative estimate of drug-likeness (QED) is 0.805. The zero-order valence-corrected chi connectivity index (χ0v) is 11.4. The molecule has 0 aliphatic carbocycles. The first kappa shape index (κ1) is 13.6. The molecule has 0 radical (unpaired) electrons. The molecule has 3 nitrogen and oxygen atoms in total. The number of aliphatic hydroxyl groups excluding tert-OH is 1. The van der Waals surface area contributed by atoms with Crippen LogP contribution in [0.4, 0.5) is 0 Å². The highest BCUT2D eigenvalue weighted by Crippen LogP contribution is 2.24. The van der Waals surface area contributed by atoms with Crippen LogP contribution in [0, 0.1) is 17.8 Å². The van der Waals surface area contributed by atoms with Crippen molar-refractivity contribution in [3.8, 4) is 11.8 Å². The summed E-state index contributed by atoms with van der Waals surface area (Å²) in [5, 5.41) is 11.1. The summed E-state index contributed by atoms with van der Waals surface area (Å²) in [5.41, 5.74) is 6.53. The van der Waals surface area contributed by atoms with E-state index in [0.29, 0.717) is 19.1 Å². The summed E-state index contributed by atoms with van der Waals surface area (Å²) in [6, 6.07) is 2.07. The van der Waals surface area contributed by atoms with Crippen molar-refractivity contribution in [2.24, 2.45) is 11.7 Å². The largest absolute Gasteiger partial charge is 0.396 e. The van der Waals surface area contributed by atoms with Gasteiger partial charge in [0.1, 0.15) is 0 Å². The number of rotatable bonds is 4. The third-order valence-corrected chi connectivity index (χ3v) is 4.25. The minimum atomic E-state index is 0.310. The summed E-state index contributed by atoms with van der Waals surface area (Å²) in [6.45, 7) is 3.94. The molecule has 1 atom stereocenters. The SMILES string of the molecule is NCC#Cc1ccsc1CN1CCC(CCO)C1. The van der Waals surface area contributed by atoms with Gasteiger partial charge in [-0.3, -0.25) is 4.90 Å². The molecule has 0 aromatic carbocycles. The Morgan fingerprint density at radius 2 is 2.44 bits per heavy atom. The second kappa shape index (κ2) is 6.91. The van der Waals surface area contributed by atoms with Crippen LogP contribution >= 0.6 is 11.3 Å². The fourth-order valence-electron chi connectivity index (χ4n) is 2.40. The Morgan fingerprint density at radius 1 is 1.56 bits per heavy atom. The Hall–Kier alpha value is -0.860. The van der Waals surface area contributed by atoms with Gasteiger partial charge in [0.25, 0.3) is 0 Å². The molecule has 1 saturated heterocycles. The maximum absolute atomic E-state index is 8.96. The smallest absolute Gasteiger partial charge is 0.0555 e. The number of nitrogens with zero attached hydrogens (tertiary/aromatic N) is 1. The third kappa shape index (κ3) is 3.56. The van der Waals surface area contributed by atoms with Crippen LogP contribution in [0.1, 0.15) is 23.3 Å². The van der Waals surface area contributed by atoms with Gasteiger partial charge in [-0.2, -0.15) is 0 Å². The first-order valence-electron chi connectivity index (χ1n) is 6.42. The van der Waals surface area contributed by atoms with Gasteiger partial charge >= 0.3 is 0 Å². The summed E-state index contributed by atoms with van der Waals surface area (Å²) < 4.78 is 0. The number of thiophene rings is 1. The van der Waals surface area contributed by atoms with E-state index in [4.69, 9.17) is 10.8 Å². The summed E-state index contributed by atoms with van der Waals surface area (Å²) in [4.78, 5) is 3.79. The molecule has 1 aromatic rings. The van der Waals surface area contributed by atoms with Gasteiger partial charge in [0.2, 0.25) is 0 Å². The van der Waals surface area contributed by atoms with E-state index in [2.05, 4.69) is 28.2 Å². The van der Waals surface area contributed by atoms with E-state index in [1.54, 1.807) is 11.3 Å². The topological polar surface area (TPSA) is 49.5 Å². The van der Waals surface area contributed by atoms with Crippen LogP contribution in [0.3, 0.4) is 0 Å². The van der Waals surface area contributed by atoms with E-state index in [0.717, 1.165) is 31.6 Å². The molecule has 0 bridgehead atoms. The maximum Gasteiger partial charge on any atom is 0.0555 e. The second-order valence-corrected chi connectivity index (χ2v) is 5.67. The molecule has 0 amide bonds. The number of hydrogen-bond acceptors (Lipinski definition) is 4. The molecule has 1 unspecified atom stereocenters. The van der Waals surface area contributed by atoms with E-state index < -0.39 is 0 Å². The number of hydrogen-bond donors (Lipinski definition) is 2. The van der Waals surface area contributed by atoms with Crippen LogP contribution in [0.25, 0.3) is 0 Å². The number of aliphatic hydroxyl groups is 1. The Morgan fingerprint density at radius 3 is 3.22 bits per heavy atom. The van der Waals surface area contributed by atoms with Gasteiger partial charge in [-0.15, -0.1) is 11.3 Å². The predicted molar refractivity (Wildman–Crippen MR) is 75.3 cm³/mol. The van der Waals surface area contributed by atoms with Gasteiger partial charge in [0, 0.05) is 30.1 Å². The molecule has 98 valence electrons. The lowest BCUT2D eigenvalue weighted by Crippen LogP contribution is -2.20. The molecule has 2 heterocycles. The molecule has 1 aliphatic rings. The Balaban J connectivity index is 1.92.